The molecule has 2 aromatic heterocycles. The van der Waals surface area contributed by atoms with Gasteiger partial charge in [0.25, 0.3) is 5.91 Å². The minimum absolute atomic E-state index is 0.0483. The first-order valence-electron chi connectivity index (χ1n) is 9.06. The molecule has 8 heteroatoms. The third-order valence-corrected chi connectivity index (χ3v) is 5.08. The van der Waals surface area contributed by atoms with Gasteiger partial charge in [0.15, 0.2) is 5.78 Å². The van der Waals surface area contributed by atoms with Crippen molar-refractivity contribution in [3.8, 4) is 11.3 Å². The van der Waals surface area contributed by atoms with E-state index < -0.39 is 5.41 Å². The number of aryl methyl sites for hydroxylation is 1. The van der Waals surface area contributed by atoms with E-state index in [2.05, 4.69) is 31.4 Å². The number of H-pyrrole nitrogens is 1. The van der Waals surface area contributed by atoms with Gasteiger partial charge in [0.1, 0.15) is 17.1 Å². The van der Waals surface area contributed by atoms with Crippen molar-refractivity contribution in [1.29, 1.82) is 0 Å². The molecule has 0 saturated heterocycles. The second-order valence-electron chi connectivity index (χ2n) is 7.61. The van der Waals surface area contributed by atoms with Crippen LogP contribution in [0.25, 0.3) is 11.3 Å². The number of aliphatic hydroxyl groups is 1. The van der Waals surface area contributed by atoms with E-state index in [0.29, 0.717) is 29.1 Å². The number of carbonyl (C=O) groups is 2. The van der Waals surface area contributed by atoms with Crippen LogP contribution in [0, 0.1) is 12.3 Å². The molecule has 0 fully saturated rings. The number of aromatic nitrogens is 2. The molecule has 0 saturated carbocycles. The molecular weight excluding hydrogens is 438 g/mol. The molecule has 0 unspecified atom stereocenters. The van der Waals surface area contributed by atoms with Crippen molar-refractivity contribution >= 4 is 27.6 Å². The van der Waals surface area contributed by atoms with Crippen LogP contribution in [0.5, 0.6) is 0 Å². The van der Waals surface area contributed by atoms with Crippen molar-refractivity contribution in [2.24, 2.45) is 5.41 Å². The maximum absolute atomic E-state index is 13.1. The van der Waals surface area contributed by atoms with Gasteiger partial charge in [0.2, 0.25) is 0 Å². The number of carbonyl (C=O) groups excluding carboxylic acids is 2. The van der Waals surface area contributed by atoms with Gasteiger partial charge in [-0.15, -0.1) is 0 Å². The average molecular weight is 460 g/mol. The molecule has 3 aromatic rings. The van der Waals surface area contributed by atoms with Gasteiger partial charge in [0.05, 0.1) is 5.56 Å². The van der Waals surface area contributed by atoms with Crippen LogP contribution in [0.2, 0.25) is 0 Å². The van der Waals surface area contributed by atoms with Crippen LogP contribution < -0.4 is 5.32 Å². The summed E-state index contributed by atoms with van der Waals surface area (Å²) in [7, 11) is 0. The van der Waals surface area contributed by atoms with E-state index in [9.17, 15) is 14.7 Å². The van der Waals surface area contributed by atoms with Crippen molar-refractivity contribution in [3.05, 3.63) is 63.6 Å². The van der Waals surface area contributed by atoms with Crippen molar-refractivity contribution in [2.45, 2.75) is 20.8 Å². The maximum atomic E-state index is 13.1. The van der Waals surface area contributed by atoms with Gasteiger partial charge in [-0.05, 0) is 25.1 Å². The third kappa shape index (κ3) is 4.65. The number of aromatic amines is 1. The van der Waals surface area contributed by atoms with Crippen LogP contribution in [0.1, 0.15) is 46.0 Å². The van der Waals surface area contributed by atoms with Gasteiger partial charge in [-0.3, -0.25) is 9.59 Å². The first-order valence-corrected chi connectivity index (χ1v) is 9.85. The number of nitrogens with zero attached hydrogens (tertiary/aromatic N) is 1. The lowest BCUT2D eigenvalue weighted by molar-refractivity contribution is 0.0906. The number of halogens is 1. The predicted octanol–water partition coefficient (Wildman–Crippen LogP) is 3.72. The number of ketones is 1. The molecule has 0 aliphatic carbocycles. The Hall–Kier alpha value is -2.71. The van der Waals surface area contributed by atoms with Crippen LogP contribution in [-0.4, -0.2) is 40.1 Å². The summed E-state index contributed by atoms with van der Waals surface area (Å²) in [5, 5.41) is 16.1. The Morgan fingerprint density at radius 1 is 1.28 bits per heavy atom. The molecule has 1 aromatic carbocycles. The van der Waals surface area contributed by atoms with Crippen LogP contribution in [0.15, 0.2) is 45.5 Å². The minimum atomic E-state index is -0.431. The van der Waals surface area contributed by atoms with Gasteiger partial charge < -0.3 is 19.9 Å². The molecule has 0 radical (unpaired) electrons. The van der Waals surface area contributed by atoms with E-state index in [4.69, 9.17) is 4.52 Å². The number of nitrogens with one attached hydrogen (secondary N) is 2. The molecule has 7 nitrogen and oxygen atoms in total. The Balaban J connectivity index is 1.83. The normalized spacial score (nSPS) is 11.5. The van der Waals surface area contributed by atoms with Crippen molar-refractivity contribution in [2.75, 3.05) is 13.2 Å². The van der Waals surface area contributed by atoms with Gasteiger partial charge in [0, 0.05) is 40.4 Å². The SMILES string of the molecule is Cc1onc(-c2ccc(Br)cc2)c1C(=O)c1c[nH]c(C(=O)NCC(C)(C)CO)c1. The van der Waals surface area contributed by atoms with Gasteiger partial charge in [-0.25, -0.2) is 0 Å². The minimum Gasteiger partial charge on any atom is -0.396 e. The monoisotopic (exact) mass is 459 g/mol. The molecule has 3 rings (SSSR count). The first-order chi connectivity index (χ1) is 13.7. The zero-order valence-corrected chi connectivity index (χ0v) is 18.0. The molecule has 2 heterocycles. The second-order valence-corrected chi connectivity index (χ2v) is 8.52. The number of aliphatic hydroxyl groups excluding tert-OH is 1. The molecule has 3 N–H and O–H groups in total. The Kier molecular flexibility index (Phi) is 6.04. The van der Waals surface area contributed by atoms with Gasteiger partial charge in [-0.1, -0.05) is 47.1 Å². The summed E-state index contributed by atoms with van der Waals surface area (Å²) < 4.78 is 6.19. The standard InChI is InChI=1S/C21H22BrN3O4/c1-12-17(18(25-29-12)13-4-6-15(22)7-5-13)19(27)14-8-16(23-9-14)20(28)24-10-21(2,3)11-26/h4-9,23,26H,10-11H2,1-3H3,(H,24,28). The summed E-state index contributed by atoms with van der Waals surface area (Å²) in [6.45, 7) is 5.63. The maximum Gasteiger partial charge on any atom is 0.267 e. The molecule has 0 aliphatic rings. The number of benzene rings is 1. The highest BCUT2D eigenvalue weighted by molar-refractivity contribution is 9.10. The largest absolute Gasteiger partial charge is 0.396 e. The lowest BCUT2D eigenvalue weighted by atomic mass is 9.95. The number of hydrogen-bond donors (Lipinski definition) is 3. The smallest absolute Gasteiger partial charge is 0.267 e. The third-order valence-electron chi connectivity index (χ3n) is 4.55. The molecule has 29 heavy (non-hydrogen) atoms. The molecule has 0 atom stereocenters. The fourth-order valence-electron chi connectivity index (χ4n) is 2.72. The Labute approximate surface area is 176 Å². The van der Waals surface area contributed by atoms with Crippen molar-refractivity contribution < 1.29 is 19.2 Å². The second kappa shape index (κ2) is 8.34. The highest BCUT2D eigenvalue weighted by Gasteiger charge is 2.25. The lowest BCUT2D eigenvalue weighted by Gasteiger charge is -2.21. The Morgan fingerprint density at radius 3 is 2.62 bits per heavy atom. The quantitative estimate of drug-likeness (QED) is 0.466. The highest BCUT2D eigenvalue weighted by atomic mass is 79.9. The van der Waals surface area contributed by atoms with Crippen molar-refractivity contribution in [1.82, 2.24) is 15.5 Å². The fraction of sp³-hybridized carbons (Fsp3) is 0.286. The molecule has 0 bridgehead atoms. The highest BCUT2D eigenvalue weighted by Crippen LogP contribution is 2.28. The predicted molar refractivity (Wildman–Crippen MR) is 112 cm³/mol. The lowest BCUT2D eigenvalue weighted by Crippen LogP contribution is -2.36. The molecule has 152 valence electrons. The van der Waals surface area contributed by atoms with Crippen LogP contribution in [-0.2, 0) is 0 Å². The first kappa shape index (κ1) is 21.0. The van der Waals surface area contributed by atoms with Crippen molar-refractivity contribution in [3.63, 3.8) is 0 Å². The Morgan fingerprint density at radius 2 is 1.97 bits per heavy atom. The zero-order chi connectivity index (χ0) is 21.2. The molecule has 0 spiro atoms. The summed E-state index contributed by atoms with van der Waals surface area (Å²) in [6.07, 6.45) is 1.49. The van der Waals surface area contributed by atoms with E-state index in [0.717, 1.165) is 10.0 Å². The summed E-state index contributed by atoms with van der Waals surface area (Å²) in [5.41, 5.74) is 1.74. The molecular formula is C21H22BrN3O4. The van der Waals surface area contributed by atoms with E-state index in [1.54, 1.807) is 6.92 Å². The van der Waals surface area contributed by atoms with E-state index in [1.807, 2.05) is 38.1 Å². The fourth-order valence-corrected chi connectivity index (χ4v) is 2.98. The summed E-state index contributed by atoms with van der Waals surface area (Å²) >= 11 is 3.39. The zero-order valence-electron chi connectivity index (χ0n) is 16.4. The summed E-state index contributed by atoms with van der Waals surface area (Å²) in [4.78, 5) is 28.3. The van der Waals surface area contributed by atoms with E-state index in [1.165, 1.54) is 12.3 Å². The summed E-state index contributed by atoms with van der Waals surface area (Å²) in [6, 6.07) is 8.91. The molecule has 1 amide bonds. The molecule has 0 aliphatic heterocycles. The van der Waals surface area contributed by atoms with E-state index >= 15 is 0 Å². The average Bonchev–Trinajstić information content (AvgIpc) is 3.34. The summed E-state index contributed by atoms with van der Waals surface area (Å²) in [5.74, 6) is -0.224. The van der Waals surface area contributed by atoms with Crippen LogP contribution in [0.4, 0.5) is 0 Å². The number of amides is 1. The van der Waals surface area contributed by atoms with E-state index in [-0.39, 0.29) is 24.0 Å². The van der Waals surface area contributed by atoms with Gasteiger partial charge >= 0.3 is 0 Å². The Bertz CT molecular complexity index is 1030. The number of rotatable bonds is 7. The van der Waals surface area contributed by atoms with Crippen LogP contribution in [0.3, 0.4) is 0 Å². The number of hydrogen-bond acceptors (Lipinski definition) is 5. The van der Waals surface area contributed by atoms with Gasteiger partial charge in [-0.2, -0.15) is 0 Å². The van der Waals surface area contributed by atoms with Crippen LogP contribution >= 0.6 is 15.9 Å². The topological polar surface area (TPSA) is 108 Å².